The first-order chi connectivity index (χ1) is 14.4. The third-order valence-corrected chi connectivity index (χ3v) is 6.07. The molecule has 6 heteroatoms. The highest BCUT2D eigenvalue weighted by Crippen LogP contribution is 2.42. The summed E-state index contributed by atoms with van der Waals surface area (Å²) in [6.45, 7) is 1.94. The van der Waals surface area contributed by atoms with Crippen LogP contribution in [0.1, 0.15) is 26.8 Å². The van der Waals surface area contributed by atoms with E-state index in [2.05, 4.69) is 0 Å². The Morgan fingerprint density at radius 3 is 2.40 bits per heavy atom. The van der Waals surface area contributed by atoms with Gasteiger partial charge in [0, 0.05) is 25.5 Å². The van der Waals surface area contributed by atoms with E-state index in [9.17, 15) is 14.7 Å². The average molecular weight is 419 g/mol. The molecule has 0 saturated carbocycles. The predicted octanol–water partition coefficient (Wildman–Crippen LogP) is 4.91. The van der Waals surface area contributed by atoms with E-state index >= 15 is 0 Å². The van der Waals surface area contributed by atoms with E-state index in [-0.39, 0.29) is 11.4 Å². The van der Waals surface area contributed by atoms with Crippen molar-refractivity contribution in [1.82, 2.24) is 0 Å². The maximum absolute atomic E-state index is 13.3. The van der Waals surface area contributed by atoms with Crippen LogP contribution in [0.4, 0.5) is 11.4 Å². The number of anilines is 2. The van der Waals surface area contributed by atoms with Gasteiger partial charge < -0.3 is 10.0 Å². The van der Waals surface area contributed by atoms with Crippen LogP contribution in [0.5, 0.6) is 0 Å². The molecule has 2 heterocycles. The van der Waals surface area contributed by atoms with Crippen LogP contribution < -0.4 is 9.80 Å². The average Bonchev–Trinajstić information content (AvgIpc) is 3.35. The summed E-state index contributed by atoms with van der Waals surface area (Å²) >= 11 is 1.29. The molecule has 1 atom stereocenters. The first-order valence-corrected chi connectivity index (χ1v) is 10.5. The number of hydrogen-bond donors (Lipinski definition) is 1. The molecule has 0 bridgehead atoms. The Bertz CT molecular complexity index is 1130. The number of Topliss-reactive ketones (excluding diaryl/α,β-unsaturated/α-hetero) is 1. The number of thiophene rings is 1. The van der Waals surface area contributed by atoms with Crippen molar-refractivity contribution >= 4 is 34.4 Å². The van der Waals surface area contributed by atoms with E-state index in [0.717, 1.165) is 16.8 Å². The summed E-state index contributed by atoms with van der Waals surface area (Å²) in [4.78, 5) is 30.4. The number of nitrogens with zero attached hydrogens (tertiary/aromatic N) is 2. The van der Waals surface area contributed by atoms with Crippen molar-refractivity contribution in [2.24, 2.45) is 0 Å². The smallest absolute Gasteiger partial charge is 0.294 e. The third kappa shape index (κ3) is 3.39. The standard InChI is InChI=1S/C24H22N2O3S/c1-15-6-4-7-18(14-15)26-21(16-9-11-17(12-10-16)25(2)3)20(23(28)24(26)29)22(27)19-8-5-13-30-19/h4-14,21,28H,1-3H3. The monoisotopic (exact) mass is 418 g/mol. The number of aryl methyl sites for hydroxylation is 1. The van der Waals surface area contributed by atoms with Crippen molar-refractivity contribution in [3.8, 4) is 0 Å². The van der Waals surface area contributed by atoms with Gasteiger partial charge in [-0.05, 0) is 53.8 Å². The number of benzene rings is 2. The predicted molar refractivity (Wildman–Crippen MR) is 120 cm³/mol. The molecule has 3 aromatic rings. The number of ketones is 1. The fourth-order valence-corrected chi connectivity index (χ4v) is 4.37. The van der Waals surface area contributed by atoms with Crippen molar-refractivity contribution < 1.29 is 14.7 Å². The van der Waals surface area contributed by atoms with E-state index in [4.69, 9.17) is 0 Å². The van der Waals surface area contributed by atoms with Gasteiger partial charge >= 0.3 is 0 Å². The minimum Gasteiger partial charge on any atom is -0.503 e. The maximum atomic E-state index is 13.3. The zero-order valence-corrected chi connectivity index (χ0v) is 17.8. The summed E-state index contributed by atoms with van der Waals surface area (Å²) in [6, 6.07) is 18.0. The molecule has 152 valence electrons. The number of aliphatic hydroxyl groups is 1. The van der Waals surface area contributed by atoms with Crippen molar-refractivity contribution in [2.45, 2.75) is 13.0 Å². The molecule has 4 rings (SSSR count). The van der Waals surface area contributed by atoms with Crippen LogP contribution in [-0.4, -0.2) is 30.9 Å². The quantitative estimate of drug-likeness (QED) is 0.599. The lowest BCUT2D eigenvalue weighted by molar-refractivity contribution is -0.117. The number of rotatable bonds is 5. The van der Waals surface area contributed by atoms with Gasteiger partial charge in [0.05, 0.1) is 16.5 Å². The van der Waals surface area contributed by atoms with Crippen molar-refractivity contribution in [2.75, 3.05) is 23.9 Å². The van der Waals surface area contributed by atoms with Gasteiger partial charge in [0.1, 0.15) is 0 Å². The minimum atomic E-state index is -0.704. The first kappa shape index (κ1) is 19.9. The lowest BCUT2D eigenvalue weighted by Gasteiger charge is -2.27. The fourth-order valence-electron chi connectivity index (χ4n) is 3.69. The highest BCUT2D eigenvalue weighted by atomic mass is 32.1. The Hall–Kier alpha value is -3.38. The summed E-state index contributed by atoms with van der Waals surface area (Å²) in [7, 11) is 3.90. The van der Waals surface area contributed by atoms with Crippen LogP contribution in [0.3, 0.4) is 0 Å². The molecule has 0 radical (unpaired) electrons. The minimum absolute atomic E-state index is 0.113. The van der Waals surface area contributed by atoms with Crippen LogP contribution in [0.25, 0.3) is 0 Å². The van der Waals surface area contributed by atoms with E-state index < -0.39 is 17.7 Å². The molecule has 1 unspecified atom stereocenters. The second kappa shape index (κ2) is 7.80. The van der Waals surface area contributed by atoms with Crippen molar-refractivity contribution in [3.05, 3.63) is 93.4 Å². The molecule has 0 fully saturated rings. The summed E-state index contributed by atoms with van der Waals surface area (Å²) in [5.41, 5.74) is 3.51. The number of aliphatic hydroxyl groups excluding tert-OH is 1. The molecule has 1 amide bonds. The summed E-state index contributed by atoms with van der Waals surface area (Å²) in [6.07, 6.45) is 0. The van der Waals surface area contributed by atoms with E-state index in [0.29, 0.717) is 10.6 Å². The summed E-state index contributed by atoms with van der Waals surface area (Å²) in [5, 5.41) is 12.6. The van der Waals surface area contributed by atoms with Gasteiger partial charge in [0.15, 0.2) is 5.76 Å². The van der Waals surface area contributed by atoms with Crippen LogP contribution in [0, 0.1) is 6.92 Å². The second-order valence-corrected chi connectivity index (χ2v) is 8.42. The van der Waals surface area contributed by atoms with Gasteiger partial charge in [0.2, 0.25) is 5.78 Å². The number of carbonyl (C=O) groups is 2. The topological polar surface area (TPSA) is 60.9 Å². The molecule has 1 aromatic heterocycles. The number of hydrogen-bond acceptors (Lipinski definition) is 5. The molecule has 1 aliphatic rings. The Balaban J connectivity index is 1.87. The highest BCUT2D eigenvalue weighted by Gasteiger charge is 2.44. The maximum Gasteiger partial charge on any atom is 0.294 e. The van der Waals surface area contributed by atoms with Gasteiger partial charge in [-0.25, -0.2) is 0 Å². The van der Waals surface area contributed by atoms with Gasteiger partial charge in [-0.3, -0.25) is 14.5 Å². The van der Waals surface area contributed by atoms with Crippen molar-refractivity contribution in [3.63, 3.8) is 0 Å². The molecule has 5 nitrogen and oxygen atoms in total. The van der Waals surface area contributed by atoms with E-state index in [1.54, 1.807) is 17.5 Å². The highest BCUT2D eigenvalue weighted by molar-refractivity contribution is 7.12. The summed E-state index contributed by atoms with van der Waals surface area (Å²) in [5.74, 6) is -1.38. The zero-order chi connectivity index (χ0) is 21.4. The molecule has 2 aromatic carbocycles. The normalized spacial score (nSPS) is 16.3. The zero-order valence-electron chi connectivity index (χ0n) is 17.0. The summed E-state index contributed by atoms with van der Waals surface area (Å²) < 4.78 is 0. The fraction of sp³-hybridized carbons (Fsp3) is 0.167. The largest absolute Gasteiger partial charge is 0.503 e. The van der Waals surface area contributed by atoms with Crippen LogP contribution >= 0.6 is 11.3 Å². The lowest BCUT2D eigenvalue weighted by Crippen LogP contribution is -2.31. The Morgan fingerprint density at radius 1 is 1.07 bits per heavy atom. The van der Waals surface area contributed by atoms with Gasteiger partial charge in [-0.15, -0.1) is 11.3 Å². The molecule has 0 saturated heterocycles. The molecule has 1 N–H and O–H groups in total. The van der Waals surface area contributed by atoms with Gasteiger partial charge in [-0.1, -0.05) is 30.3 Å². The van der Waals surface area contributed by atoms with Crippen LogP contribution in [-0.2, 0) is 4.79 Å². The Morgan fingerprint density at radius 2 is 1.80 bits per heavy atom. The SMILES string of the molecule is Cc1cccc(N2C(=O)C(O)=C(C(=O)c3cccs3)C2c2ccc(N(C)C)cc2)c1. The third-order valence-electron chi connectivity index (χ3n) is 5.20. The molecule has 0 aliphatic carbocycles. The molecule has 30 heavy (non-hydrogen) atoms. The number of carbonyl (C=O) groups excluding carboxylic acids is 2. The van der Waals surface area contributed by atoms with Crippen LogP contribution in [0.15, 0.2) is 77.4 Å². The second-order valence-electron chi connectivity index (χ2n) is 7.47. The molecular formula is C24H22N2O3S. The molecular weight excluding hydrogens is 396 g/mol. The van der Waals surface area contributed by atoms with Crippen molar-refractivity contribution in [1.29, 1.82) is 0 Å². The first-order valence-electron chi connectivity index (χ1n) is 9.57. The van der Waals surface area contributed by atoms with Gasteiger partial charge in [0.25, 0.3) is 5.91 Å². The lowest BCUT2D eigenvalue weighted by atomic mass is 9.95. The number of amides is 1. The Labute approximate surface area is 179 Å². The van der Waals surface area contributed by atoms with E-state index in [1.807, 2.05) is 74.4 Å². The van der Waals surface area contributed by atoms with E-state index in [1.165, 1.54) is 16.2 Å². The van der Waals surface area contributed by atoms with Gasteiger partial charge in [-0.2, -0.15) is 0 Å². The van der Waals surface area contributed by atoms with Crippen LogP contribution in [0.2, 0.25) is 0 Å². The molecule has 1 aliphatic heterocycles. The Kier molecular flexibility index (Phi) is 5.18. The molecule has 0 spiro atoms.